The molecule has 0 aliphatic heterocycles. The van der Waals surface area contributed by atoms with Gasteiger partial charge in [0.05, 0.1) is 5.56 Å². The molecule has 154 valence electrons. The number of nitrogens with two attached hydrogens (primary N) is 1. The standard InChI is InChI=1S/C24H24FN3O2/c25-19-5-1-3-16(13-19)11-12-27-22-6-2-4-17-14-20(8-9-21(17)22)30-23-10-7-18(15-28-23)24(26)29/h1,3,5,7-10,13-15,22,27H,2,4,6,11-12H2,(H2,26,29). The van der Waals surface area contributed by atoms with Crippen molar-refractivity contribution in [3.63, 3.8) is 0 Å². The van der Waals surface area contributed by atoms with Crippen molar-refractivity contribution in [2.24, 2.45) is 5.73 Å². The van der Waals surface area contributed by atoms with Crippen LogP contribution < -0.4 is 15.8 Å². The lowest BCUT2D eigenvalue weighted by atomic mass is 9.87. The molecular weight excluding hydrogens is 381 g/mol. The van der Waals surface area contributed by atoms with Gasteiger partial charge in [-0.15, -0.1) is 0 Å². The fraction of sp³-hybridized carbons (Fsp3) is 0.250. The quantitative estimate of drug-likeness (QED) is 0.614. The molecule has 1 aromatic heterocycles. The van der Waals surface area contributed by atoms with E-state index in [1.807, 2.05) is 12.1 Å². The van der Waals surface area contributed by atoms with E-state index in [4.69, 9.17) is 10.5 Å². The minimum absolute atomic E-state index is 0.193. The van der Waals surface area contributed by atoms with E-state index < -0.39 is 5.91 Å². The highest BCUT2D eigenvalue weighted by molar-refractivity contribution is 5.92. The Morgan fingerprint density at radius 2 is 2.10 bits per heavy atom. The molecule has 0 saturated carbocycles. The van der Waals surface area contributed by atoms with Gasteiger partial charge in [0.2, 0.25) is 11.8 Å². The summed E-state index contributed by atoms with van der Waals surface area (Å²) in [6.07, 6.45) is 5.38. The van der Waals surface area contributed by atoms with E-state index in [2.05, 4.69) is 22.4 Å². The van der Waals surface area contributed by atoms with Crippen molar-refractivity contribution in [1.82, 2.24) is 10.3 Å². The van der Waals surface area contributed by atoms with Crippen LogP contribution in [0.3, 0.4) is 0 Å². The molecule has 1 heterocycles. The topological polar surface area (TPSA) is 77.2 Å². The van der Waals surface area contributed by atoms with Crippen LogP contribution in [-0.2, 0) is 12.8 Å². The summed E-state index contributed by atoms with van der Waals surface area (Å²) < 4.78 is 19.2. The first-order valence-corrected chi connectivity index (χ1v) is 10.1. The number of ether oxygens (including phenoxy) is 1. The second-order valence-corrected chi connectivity index (χ2v) is 7.49. The second-order valence-electron chi connectivity index (χ2n) is 7.49. The zero-order chi connectivity index (χ0) is 20.9. The summed E-state index contributed by atoms with van der Waals surface area (Å²) in [5, 5.41) is 3.61. The molecule has 3 aromatic rings. The number of fused-ring (bicyclic) bond motifs is 1. The maximum Gasteiger partial charge on any atom is 0.250 e. The Morgan fingerprint density at radius 3 is 2.87 bits per heavy atom. The van der Waals surface area contributed by atoms with Crippen molar-refractivity contribution < 1.29 is 13.9 Å². The zero-order valence-electron chi connectivity index (χ0n) is 16.6. The Morgan fingerprint density at radius 1 is 1.20 bits per heavy atom. The molecule has 1 aliphatic rings. The number of carbonyl (C=O) groups is 1. The third-order valence-electron chi connectivity index (χ3n) is 5.37. The van der Waals surface area contributed by atoms with Crippen LogP contribution in [0.5, 0.6) is 11.6 Å². The van der Waals surface area contributed by atoms with Crippen molar-refractivity contribution in [3.8, 4) is 11.6 Å². The zero-order valence-corrected chi connectivity index (χ0v) is 16.6. The molecule has 4 rings (SSSR count). The van der Waals surface area contributed by atoms with Crippen LogP contribution in [-0.4, -0.2) is 17.4 Å². The van der Waals surface area contributed by atoms with E-state index >= 15 is 0 Å². The SMILES string of the molecule is NC(=O)c1ccc(Oc2ccc3c(c2)CCCC3NCCc2cccc(F)c2)nc1. The third kappa shape index (κ3) is 4.83. The summed E-state index contributed by atoms with van der Waals surface area (Å²) in [7, 11) is 0. The van der Waals surface area contributed by atoms with E-state index in [0.717, 1.165) is 37.8 Å². The lowest BCUT2D eigenvalue weighted by molar-refractivity contribution is 0.1000. The molecule has 0 fully saturated rings. The Kier molecular flexibility index (Phi) is 6.05. The number of carbonyl (C=O) groups excluding carboxylic acids is 1. The molecule has 5 nitrogen and oxygen atoms in total. The molecule has 6 heteroatoms. The van der Waals surface area contributed by atoms with E-state index in [-0.39, 0.29) is 11.9 Å². The molecule has 0 spiro atoms. The van der Waals surface area contributed by atoms with Crippen LogP contribution in [0.4, 0.5) is 4.39 Å². The molecule has 3 N–H and O–H groups in total. The highest BCUT2D eigenvalue weighted by Gasteiger charge is 2.20. The van der Waals surface area contributed by atoms with Crippen LogP contribution in [0, 0.1) is 5.82 Å². The van der Waals surface area contributed by atoms with Gasteiger partial charge in [-0.05, 0) is 79.3 Å². The number of amides is 1. The predicted octanol–water partition coefficient (Wildman–Crippen LogP) is 4.32. The number of rotatable bonds is 7. The smallest absolute Gasteiger partial charge is 0.250 e. The minimum Gasteiger partial charge on any atom is -0.439 e. The number of nitrogens with zero attached hydrogens (tertiary/aromatic N) is 1. The Labute approximate surface area is 175 Å². The number of primary amides is 1. The fourth-order valence-electron chi connectivity index (χ4n) is 3.86. The van der Waals surface area contributed by atoms with Crippen LogP contribution in [0.25, 0.3) is 0 Å². The molecule has 1 unspecified atom stereocenters. The van der Waals surface area contributed by atoms with Gasteiger partial charge in [0.1, 0.15) is 11.6 Å². The summed E-state index contributed by atoms with van der Waals surface area (Å²) in [5.74, 6) is 0.426. The summed E-state index contributed by atoms with van der Waals surface area (Å²) in [6.45, 7) is 0.794. The van der Waals surface area contributed by atoms with E-state index in [9.17, 15) is 9.18 Å². The number of nitrogens with one attached hydrogen (secondary N) is 1. The van der Waals surface area contributed by atoms with Gasteiger partial charge in [0.15, 0.2) is 0 Å². The molecule has 30 heavy (non-hydrogen) atoms. The maximum atomic E-state index is 13.3. The van der Waals surface area contributed by atoms with Gasteiger partial charge in [-0.25, -0.2) is 9.37 Å². The van der Waals surface area contributed by atoms with E-state index in [1.165, 1.54) is 23.4 Å². The molecular formula is C24H24FN3O2. The number of hydrogen-bond acceptors (Lipinski definition) is 4. The normalized spacial score (nSPS) is 15.4. The number of aromatic nitrogens is 1. The molecule has 0 saturated heterocycles. The van der Waals surface area contributed by atoms with E-state index in [1.54, 1.807) is 24.3 Å². The Balaban J connectivity index is 1.40. The minimum atomic E-state index is -0.515. The lowest BCUT2D eigenvalue weighted by Gasteiger charge is -2.27. The molecule has 1 amide bonds. The van der Waals surface area contributed by atoms with Crippen molar-refractivity contribution >= 4 is 5.91 Å². The average Bonchev–Trinajstić information content (AvgIpc) is 2.74. The van der Waals surface area contributed by atoms with Gasteiger partial charge >= 0.3 is 0 Å². The Hall–Kier alpha value is -3.25. The number of benzene rings is 2. The molecule has 0 bridgehead atoms. The highest BCUT2D eigenvalue weighted by atomic mass is 19.1. The van der Waals surface area contributed by atoms with Gasteiger partial charge in [-0.2, -0.15) is 0 Å². The van der Waals surface area contributed by atoms with Crippen LogP contribution in [0.2, 0.25) is 0 Å². The summed E-state index contributed by atoms with van der Waals surface area (Å²) in [4.78, 5) is 15.3. The van der Waals surface area contributed by atoms with Gasteiger partial charge < -0.3 is 15.8 Å². The average molecular weight is 405 g/mol. The Bertz CT molecular complexity index is 1040. The molecule has 1 aliphatic carbocycles. The second kappa shape index (κ2) is 9.05. The van der Waals surface area contributed by atoms with Crippen LogP contribution in [0.1, 0.15) is 45.9 Å². The first-order valence-electron chi connectivity index (χ1n) is 10.1. The molecule has 1 atom stereocenters. The monoisotopic (exact) mass is 405 g/mol. The predicted molar refractivity (Wildman–Crippen MR) is 113 cm³/mol. The van der Waals surface area contributed by atoms with Gasteiger partial charge in [0.25, 0.3) is 0 Å². The third-order valence-corrected chi connectivity index (χ3v) is 5.37. The highest BCUT2D eigenvalue weighted by Crippen LogP contribution is 2.33. The molecule has 0 radical (unpaired) electrons. The number of aryl methyl sites for hydroxylation is 1. The number of halogens is 1. The van der Waals surface area contributed by atoms with Crippen LogP contribution >= 0.6 is 0 Å². The molecule has 2 aromatic carbocycles. The van der Waals surface area contributed by atoms with Gasteiger partial charge in [-0.1, -0.05) is 18.2 Å². The largest absolute Gasteiger partial charge is 0.439 e. The fourth-order valence-corrected chi connectivity index (χ4v) is 3.86. The summed E-state index contributed by atoms with van der Waals surface area (Å²) in [6, 6.07) is 16.4. The van der Waals surface area contributed by atoms with Gasteiger partial charge in [0, 0.05) is 18.3 Å². The van der Waals surface area contributed by atoms with Crippen molar-refractivity contribution in [2.45, 2.75) is 31.7 Å². The van der Waals surface area contributed by atoms with Crippen molar-refractivity contribution in [1.29, 1.82) is 0 Å². The van der Waals surface area contributed by atoms with Crippen molar-refractivity contribution in [2.75, 3.05) is 6.54 Å². The maximum absolute atomic E-state index is 13.3. The number of hydrogen-bond donors (Lipinski definition) is 2. The van der Waals surface area contributed by atoms with Crippen molar-refractivity contribution in [3.05, 3.63) is 88.9 Å². The number of pyridine rings is 1. The van der Waals surface area contributed by atoms with E-state index in [0.29, 0.717) is 17.2 Å². The summed E-state index contributed by atoms with van der Waals surface area (Å²) >= 11 is 0. The first-order chi connectivity index (χ1) is 14.6. The van der Waals surface area contributed by atoms with Crippen LogP contribution in [0.15, 0.2) is 60.8 Å². The summed E-state index contributed by atoms with van der Waals surface area (Å²) in [5.41, 5.74) is 9.12. The first kappa shape index (κ1) is 20.0. The lowest BCUT2D eigenvalue weighted by Crippen LogP contribution is -2.27. The van der Waals surface area contributed by atoms with Gasteiger partial charge in [-0.3, -0.25) is 4.79 Å².